The number of thioether (sulfide) groups is 1. The van der Waals surface area contributed by atoms with Gasteiger partial charge in [-0.1, -0.05) is 11.3 Å². The van der Waals surface area contributed by atoms with E-state index in [9.17, 15) is 9.59 Å². The zero-order valence-electron chi connectivity index (χ0n) is 10.1. The van der Waals surface area contributed by atoms with Gasteiger partial charge < -0.3 is 16.2 Å². The Bertz CT molecular complexity index is 448. The van der Waals surface area contributed by atoms with Gasteiger partial charge in [-0.2, -0.15) is 11.8 Å². The fourth-order valence-electron chi connectivity index (χ4n) is 1.34. The van der Waals surface area contributed by atoms with E-state index in [-0.39, 0.29) is 0 Å². The molecule has 1 aromatic heterocycles. The van der Waals surface area contributed by atoms with Gasteiger partial charge in [0.25, 0.3) is 5.91 Å². The van der Waals surface area contributed by atoms with Crippen molar-refractivity contribution in [1.29, 1.82) is 0 Å². The molecule has 4 N–H and O–H groups in total. The van der Waals surface area contributed by atoms with Crippen molar-refractivity contribution in [3.05, 3.63) is 10.6 Å². The highest BCUT2D eigenvalue weighted by molar-refractivity contribution is 7.98. The molecule has 0 spiro atoms. The van der Waals surface area contributed by atoms with Gasteiger partial charge in [0.05, 0.1) is 5.69 Å². The van der Waals surface area contributed by atoms with Crippen molar-refractivity contribution in [3.8, 4) is 0 Å². The summed E-state index contributed by atoms with van der Waals surface area (Å²) in [7, 11) is 0. The molecule has 0 saturated carbocycles. The van der Waals surface area contributed by atoms with E-state index in [1.165, 1.54) is 11.8 Å². The molecule has 0 fully saturated rings. The summed E-state index contributed by atoms with van der Waals surface area (Å²) >= 11 is 2.59. The lowest BCUT2D eigenvalue weighted by Crippen LogP contribution is -2.41. The first-order valence-corrected chi connectivity index (χ1v) is 7.42. The smallest absolute Gasteiger partial charge is 0.326 e. The van der Waals surface area contributed by atoms with Crippen molar-refractivity contribution in [2.24, 2.45) is 0 Å². The van der Waals surface area contributed by atoms with E-state index in [2.05, 4.69) is 10.3 Å². The second-order valence-corrected chi connectivity index (χ2v) is 5.63. The van der Waals surface area contributed by atoms with Crippen molar-refractivity contribution in [1.82, 2.24) is 10.3 Å². The van der Waals surface area contributed by atoms with Crippen molar-refractivity contribution < 1.29 is 14.7 Å². The van der Waals surface area contributed by atoms with Crippen LogP contribution in [0.25, 0.3) is 0 Å². The number of anilines is 1. The van der Waals surface area contributed by atoms with E-state index in [4.69, 9.17) is 10.8 Å². The molecule has 1 atom stereocenters. The Morgan fingerprint density at radius 2 is 2.28 bits per heavy atom. The topological polar surface area (TPSA) is 105 Å². The van der Waals surface area contributed by atoms with Crippen LogP contribution in [0.4, 0.5) is 5.13 Å². The van der Waals surface area contributed by atoms with Crippen LogP contribution in [0.2, 0.25) is 0 Å². The maximum atomic E-state index is 11.9. The van der Waals surface area contributed by atoms with Gasteiger partial charge in [0.15, 0.2) is 5.13 Å². The van der Waals surface area contributed by atoms with Crippen LogP contribution in [0.15, 0.2) is 0 Å². The Morgan fingerprint density at radius 1 is 1.61 bits per heavy atom. The number of nitrogens with two attached hydrogens (primary N) is 1. The first-order chi connectivity index (χ1) is 8.45. The second kappa shape index (κ2) is 6.60. The van der Waals surface area contributed by atoms with Gasteiger partial charge >= 0.3 is 5.97 Å². The molecule has 8 heteroatoms. The van der Waals surface area contributed by atoms with Crippen molar-refractivity contribution in [3.63, 3.8) is 0 Å². The van der Waals surface area contributed by atoms with Crippen LogP contribution < -0.4 is 11.1 Å². The Labute approximate surface area is 113 Å². The van der Waals surface area contributed by atoms with Crippen LogP contribution >= 0.6 is 23.1 Å². The molecule has 100 valence electrons. The fourth-order valence-corrected chi connectivity index (χ4v) is 2.55. The number of nitrogen functional groups attached to an aromatic ring is 1. The number of thiazole rings is 1. The van der Waals surface area contributed by atoms with Crippen LogP contribution in [0.5, 0.6) is 0 Å². The van der Waals surface area contributed by atoms with E-state index in [0.29, 0.717) is 27.9 Å². The highest BCUT2D eigenvalue weighted by Crippen LogP contribution is 2.19. The number of nitrogens with zero attached hydrogens (tertiary/aromatic N) is 1. The van der Waals surface area contributed by atoms with Crippen molar-refractivity contribution in [2.45, 2.75) is 19.4 Å². The largest absolute Gasteiger partial charge is 0.480 e. The first-order valence-electron chi connectivity index (χ1n) is 5.21. The fraction of sp³-hybridized carbons (Fsp3) is 0.500. The lowest BCUT2D eigenvalue weighted by molar-refractivity contribution is -0.139. The minimum absolute atomic E-state index is 0.300. The number of nitrogens with one attached hydrogen (secondary N) is 1. The monoisotopic (exact) mass is 289 g/mol. The number of aromatic nitrogens is 1. The van der Waals surface area contributed by atoms with Crippen LogP contribution in [0.1, 0.15) is 21.8 Å². The zero-order valence-corrected chi connectivity index (χ0v) is 11.7. The SMILES string of the molecule is CSCC[C@@H](NC(=O)c1sc(N)nc1C)C(=O)O. The molecule has 6 nitrogen and oxygen atoms in total. The molecular formula is C10H15N3O3S2. The number of aliphatic carboxylic acids is 1. The molecule has 0 aliphatic heterocycles. The van der Waals surface area contributed by atoms with E-state index in [0.717, 1.165) is 11.3 Å². The summed E-state index contributed by atoms with van der Waals surface area (Å²) in [6, 6.07) is -0.882. The molecule has 1 rings (SSSR count). The van der Waals surface area contributed by atoms with Gasteiger partial charge in [-0.15, -0.1) is 0 Å². The molecule has 1 amide bonds. The maximum Gasteiger partial charge on any atom is 0.326 e. The van der Waals surface area contributed by atoms with E-state index in [1.54, 1.807) is 6.92 Å². The predicted octanol–water partition coefficient (Wildman–Crippen LogP) is 0.970. The van der Waals surface area contributed by atoms with Gasteiger partial charge in [0.2, 0.25) is 0 Å². The van der Waals surface area contributed by atoms with Gasteiger partial charge in [0, 0.05) is 0 Å². The summed E-state index contributed by atoms with van der Waals surface area (Å²) in [5.74, 6) is -0.802. The third-order valence-electron chi connectivity index (χ3n) is 2.23. The molecule has 1 heterocycles. The summed E-state index contributed by atoms with van der Waals surface area (Å²) in [5, 5.41) is 11.8. The highest BCUT2D eigenvalue weighted by Gasteiger charge is 2.22. The molecule has 0 saturated heterocycles. The number of hydrogen-bond donors (Lipinski definition) is 3. The average molecular weight is 289 g/mol. The number of carbonyl (C=O) groups is 2. The number of aryl methyl sites for hydroxylation is 1. The molecule has 0 aliphatic carbocycles. The Hall–Kier alpha value is -1.28. The molecule has 0 unspecified atom stereocenters. The number of carboxylic acid groups (broad SMARTS) is 1. The molecule has 0 aliphatic rings. The molecule has 0 aromatic carbocycles. The Kier molecular flexibility index (Phi) is 5.42. The van der Waals surface area contributed by atoms with Crippen LogP contribution in [-0.2, 0) is 4.79 Å². The molecular weight excluding hydrogens is 274 g/mol. The minimum atomic E-state index is -1.03. The molecule has 0 bridgehead atoms. The third-order valence-corrected chi connectivity index (χ3v) is 3.86. The van der Waals surface area contributed by atoms with Crippen molar-refractivity contribution in [2.75, 3.05) is 17.7 Å². The lowest BCUT2D eigenvalue weighted by Gasteiger charge is -2.13. The summed E-state index contributed by atoms with van der Waals surface area (Å²) in [5.41, 5.74) is 6.01. The van der Waals surface area contributed by atoms with Gasteiger partial charge in [-0.25, -0.2) is 9.78 Å². The predicted molar refractivity (Wildman–Crippen MR) is 73.2 cm³/mol. The lowest BCUT2D eigenvalue weighted by atomic mass is 10.2. The number of hydrogen-bond acceptors (Lipinski definition) is 6. The van der Waals surface area contributed by atoms with Crippen molar-refractivity contribution >= 4 is 40.1 Å². The minimum Gasteiger partial charge on any atom is -0.480 e. The standard InChI is InChI=1S/C10H15N3O3S2/c1-5-7(18-10(11)12-5)8(14)13-6(9(15)16)3-4-17-2/h6H,3-4H2,1-2H3,(H2,11,12)(H,13,14)(H,15,16)/t6-/m1/s1. The average Bonchev–Trinajstić information content (AvgIpc) is 2.63. The summed E-state index contributed by atoms with van der Waals surface area (Å²) in [4.78, 5) is 27.2. The van der Waals surface area contributed by atoms with Crippen LogP contribution in [0, 0.1) is 6.92 Å². The molecule has 18 heavy (non-hydrogen) atoms. The summed E-state index contributed by atoms with van der Waals surface area (Å²) in [6.45, 7) is 1.67. The van der Waals surface area contributed by atoms with E-state index < -0.39 is 17.9 Å². The second-order valence-electron chi connectivity index (χ2n) is 3.61. The normalized spacial score (nSPS) is 12.1. The molecule has 0 radical (unpaired) electrons. The number of rotatable bonds is 6. The Balaban J connectivity index is 2.72. The first kappa shape index (κ1) is 14.8. The maximum absolute atomic E-state index is 11.9. The van der Waals surface area contributed by atoms with Crippen LogP contribution in [-0.4, -0.2) is 40.0 Å². The zero-order chi connectivity index (χ0) is 13.7. The van der Waals surface area contributed by atoms with Gasteiger partial charge in [0.1, 0.15) is 10.9 Å². The number of carbonyl (C=O) groups excluding carboxylic acids is 1. The third kappa shape index (κ3) is 3.88. The number of carboxylic acids is 1. The summed E-state index contributed by atoms with van der Waals surface area (Å²) in [6.07, 6.45) is 2.27. The van der Waals surface area contributed by atoms with E-state index >= 15 is 0 Å². The quantitative estimate of drug-likeness (QED) is 0.720. The molecule has 1 aromatic rings. The van der Waals surface area contributed by atoms with Crippen LogP contribution in [0.3, 0.4) is 0 Å². The van der Waals surface area contributed by atoms with Gasteiger partial charge in [-0.3, -0.25) is 4.79 Å². The van der Waals surface area contributed by atoms with E-state index in [1.807, 2.05) is 6.26 Å². The number of amides is 1. The Morgan fingerprint density at radius 3 is 2.72 bits per heavy atom. The highest BCUT2D eigenvalue weighted by atomic mass is 32.2. The van der Waals surface area contributed by atoms with Gasteiger partial charge in [-0.05, 0) is 25.4 Å². The summed E-state index contributed by atoms with van der Waals surface area (Å²) < 4.78 is 0.